The minimum atomic E-state index is -3.30. The highest BCUT2D eigenvalue weighted by Crippen LogP contribution is 2.43. The molecule has 0 saturated heterocycles. The molecule has 0 saturated carbocycles. The summed E-state index contributed by atoms with van der Waals surface area (Å²) in [6.07, 6.45) is 1.93. The number of aromatic nitrogens is 1. The highest BCUT2D eigenvalue weighted by molar-refractivity contribution is 6.09. The second-order valence-corrected chi connectivity index (χ2v) is 8.34. The highest BCUT2D eigenvalue weighted by Gasteiger charge is 2.41. The van der Waals surface area contributed by atoms with Crippen LogP contribution >= 0.6 is 0 Å². The van der Waals surface area contributed by atoms with Gasteiger partial charge in [0.25, 0.3) is 11.8 Å². The number of halogens is 2. The number of para-hydroxylation sites is 1. The van der Waals surface area contributed by atoms with E-state index in [2.05, 4.69) is 10.3 Å². The third kappa shape index (κ3) is 4.88. The van der Waals surface area contributed by atoms with E-state index in [1.54, 1.807) is 48.7 Å². The molecule has 1 N–H and O–H groups in total. The zero-order valence-corrected chi connectivity index (χ0v) is 19.0. The second kappa shape index (κ2) is 9.55. The number of allylic oxidation sites excluding steroid dienone is 1. The quantitative estimate of drug-likeness (QED) is 0.551. The third-order valence-electron chi connectivity index (χ3n) is 5.83. The van der Waals surface area contributed by atoms with Gasteiger partial charge in [-0.2, -0.15) is 0 Å². The molecule has 0 aliphatic carbocycles. The average molecular weight is 462 g/mol. The average Bonchev–Trinajstić information content (AvgIpc) is 2.92. The number of anilines is 1. The number of hydrogen-bond donors (Lipinski definition) is 1. The number of aryl methyl sites for hydroxylation is 2. The lowest BCUT2D eigenvalue weighted by Gasteiger charge is -2.23. The fraction of sp³-hybridized carbons (Fsp3) is 0.222. The molecular formula is C27H25F2N3O2. The summed E-state index contributed by atoms with van der Waals surface area (Å²) >= 11 is 0. The van der Waals surface area contributed by atoms with Gasteiger partial charge in [-0.3, -0.25) is 14.6 Å². The van der Waals surface area contributed by atoms with Crippen molar-refractivity contribution in [2.24, 2.45) is 0 Å². The minimum Gasteiger partial charge on any atom is -0.347 e. The molecule has 0 atom stereocenters. The molecule has 2 aromatic carbocycles. The van der Waals surface area contributed by atoms with Gasteiger partial charge in [-0.25, -0.2) is 8.78 Å². The number of benzene rings is 2. The molecule has 0 bridgehead atoms. The summed E-state index contributed by atoms with van der Waals surface area (Å²) in [6, 6.07) is 17.2. The number of carbonyl (C=O) groups is 2. The van der Waals surface area contributed by atoms with E-state index in [9.17, 15) is 9.59 Å². The van der Waals surface area contributed by atoms with Crippen molar-refractivity contribution in [1.82, 2.24) is 10.3 Å². The van der Waals surface area contributed by atoms with Gasteiger partial charge in [0.15, 0.2) is 0 Å². The smallest absolute Gasteiger partial charge is 0.275 e. The summed E-state index contributed by atoms with van der Waals surface area (Å²) in [5.41, 5.74) is 2.99. The number of alkyl halides is 2. The van der Waals surface area contributed by atoms with Gasteiger partial charge in [-0.1, -0.05) is 42.0 Å². The molecule has 7 heteroatoms. The largest absolute Gasteiger partial charge is 0.347 e. The van der Waals surface area contributed by atoms with Crippen LogP contribution in [0.2, 0.25) is 0 Å². The molecule has 0 radical (unpaired) electrons. The summed E-state index contributed by atoms with van der Waals surface area (Å²) in [7, 11) is 0. The van der Waals surface area contributed by atoms with Gasteiger partial charge in [0, 0.05) is 41.9 Å². The lowest BCUT2D eigenvalue weighted by atomic mass is 9.97. The van der Waals surface area contributed by atoms with Crippen LogP contribution < -0.4 is 10.2 Å². The molecule has 0 unspecified atom stereocenters. The SMILES string of the molecule is Cc1ccc(C(=O)N2CCC(F)(F)/C(=C\C(=O)NCc3ccccn3)c3ccccc32)c(C)c1. The van der Waals surface area contributed by atoms with Crippen LogP contribution in [0.15, 0.2) is 72.9 Å². The fourth-order valence-corrected chi connectivity index (χ4v) is 4.10. The third-order valence-corrected chi connectivity index (χ3v) is 5.83. The first-order chi connectivity index (χ1) is 16.3. The van der Waals surface area contributed by atoms with Gasteiger partial charge in [-0.05, 0) is 43.7 Å². The molecule has 2 amide bonds. The van der Waals surface area contributed by atoms with E-state index in [1.807, 2.05) is 26.0 Å². The summed E-state index contributed by atoms with van der Waals surface area (Å²) in [5.74, 6) is -4.29. The highest BCUT2D eigenvalue weighted by atomic mass is 19.3. The van der Waals surface area contributed by atoms with Crippen molar-refractivity contribution in [3.8, 4) is 0 Å². The first-order valence-electron chi connectivity index (χ1n) is 11.0. The van der Waals surface area contributed by atoms with Crippen molar-refractivity contribution in [3.05, 3.63) is 101 Å². The molecule has 1 aromatic heterocycles. The van der Waals surface area contributed by atoms with Crippen molar-refractivity contribution >= 4 is 23.1 Å². The van der Waals surface area contributed by atoms with Crippen LogP contribution in [0.4, 0.5) is 14.5 Å². The molecule has 5 nitrogen and oxygen atoms in total. The molecule has 0 spiro atoms. The Morgan fingerprint density at radius 1 is 1.09 bits per heavy atom. The van der Waals surface area contributed by atoms with Crippen LogP contribution in [0.3, 0.4) is 0 Å². The molecular weight excluding hydrogens is 436 g/mol. The van der Waals surface area contributed by atoms with E-state index < -0.39 is 23.8 Å². The van der Waals surface area contributed by atoms with Crippen molar-refractivity contribution in [3.63, 3.8) is 0 Å². The van der Waals surface area contributed by atoms with E-state index >= 15 is 8.78 Å². The summed E-state index contributed by atoms with van der Waals surface area (Å²) in [5, 5.41) is 2.62. The molecule has 4 rings (SSSR count). The van der Waals surface area contributed by atoms with E-state index in [0.717, 1.165) is 17.2 Å². The van der Waals surface area contributed by atoms with E-state index in [-0.39, 0.29) is 24.6 Å². The standard InChI is InChI=1S/C27H25F2N3O2/c1-18-10-11-21(19(2)15-18)26(34)32-14-12-27(28,29)23(22-8-3-4-9-24(22)32)16-25(33)31-17-20-7-5-6-13-30-20/h3-11,13,15-16H,12,14,17H2,1-2H3,(H,31,33)/b23-16-. The van der Waals surface area contributed by atoms with Gasteiger partial charge < -0.3 is 10.2 Å². The Morgan fingerprint density at radius 2 is 1.85 bits per heavy atom. The number of nitrogens with zero attached hydrogens (tertiary/aromatic N) is 2. The molecule has 1 aliphatic rings. The summed E-state index contributed by atoms with van der Waals surface area (Å²) in [6.45, 7) is 3.70. The van der Waals surface area contributed by atoms with Crippen LogP contribution in [0.25, 0.3) is 5.57 Å². The number of amides is 2. The molecule has 174 valence electrons. The molecule has 3 aromatic rings. The Labute approximate surface area is 197 Å². The minimum absolute atomic E-state index is 0.119. The van der Waals surface area contributed by atoms with E-state index in [4.69, 9.17) is 0 Å². The number of nitrogens with one attached hydrogen (secondary N) is 1. The van der Waals surface area contributed by atoms with Gasteiger partial charge in [0.1, 0.15) is 0 Å². The number of fused-ring (bicyclic) bond motifs is 1. The monoisotopic (exact) mass is 461 g/mol. The summed E-state index contributed by atoms with van der Waals surface area (Å²) < 4.78 is 30.6. The number of hydrogen-bond acceptors (Lipinski definition) is 3. The fourth-order valence-electron chi connectivity index (χ4n) is 4.10. The number of carbonyl (C=O) groups excluding carboxylic acids is 2. The Kier molecular flexibility index (Phi) is 6.54. The Morgan fingerprint density at radius 3 is 2.59 bits per heavy atom. The van der Waals surface area contributed by atoms with E-state index in [0.29, 0.717) is 16.9 Å². The summed E-state index contributed by atoms with van der Waals surface area (Å²) in [4.78, 5) is 31.5. The first-order valence-corrected chi connectivity index (χ1v) is 11.0. The normalized spacial score (nSPS) is 16.0. The Balaban J connectivity index is 1.69. The lowest BCUT2D eigenvalue weighted by molar-refractivity contribution is -0.116. The van der Waals surface area contributed by atoms with Gasteiger partial charge in [0.05, 0.1) is 17.9 Å². The number of rotatable bonds is 4. The topological polar surface area (TPSA) is 62.3 Å². The molecule has 0 fully saturated rings. The Bertz CT molecular complexity index is 1260. The van der Waals surface area contributed by atoms with Crippen LogP contribution in [-0.2, 0) is 11.3 Å². The van der Waals surface area contributed by atoms with Crippen molar-refractivity contribution in [1.29, 1.82) is 0 Å². The van der Waals surface area contributed by atoms with Crippen LogP contribution in [0.1, 0.15) is 39.2 Å². The first kappa shape index (κ1) is 23.3. The van der Waals surface area contributed by atoms with Crippen molar-refractivity contribution in [2.45, 2.75) is 32.7 Å². The predicted molar refractivity (Wildman–Crippen MR) is 128 cm³/mol. The van der Waals surface area contributed by atoms with Crippen LogP contribution in [0.5, 0.6) is 0 Å². The van der Waals surface area contributed by atoms with Gasteiger partial charge in [0.2, 0.25) is 5.91 Å². The molecule has 34 heavy (non-hydrogen) atoms. The zero-order chi connectivity index (χ0) is 24.3. The predicted octanol–water partition coefficient (Wildman–Crippen LogP) is 5.08. The van der Waals surface area contributed by atoms with Crippen LogP contribution in [0, 0.1) is 13.8 Å². The lowest BCUT2D eigenvalue weighted by Crippen LogP contribution is -2.33. The maximum Gasteiger partial charge on any atom is 0.275 e. The van der Waals surface area contributed by atoms with Gasteiger partial charge in [-0.15, -0.1) is 0 Å². The van der Waals surface area contributed by atoms with E-state index in [1.165, 1.54) is 11.0 Å². The molecule has 2 heterocycles. The van der Waals surface area contributed by atoms with Crippen molar-refractivity contribution < 1.29 is 18.4 Å². The maximum atomic E-state index is 15.3. The molecule has 1 aliphatic heterocycles. The second-order valence-electron chi connectivity index (χ2n) is 8.34. The van der Waals surface area contributed by atoms with Gasteiger partial charge >= 0.3 is 0 Å². The maximum absolute atomic E-state index is 15.3. The Hall–Kier alpha value is -3.87. The van der Waals surface area contributed by atoms with Crippen molar-refractivity contribution in [2.75, 3.05) is 11.4 Å². The zero-order valence-electron chi connectivity index (χ0n) is 19.0. The van der Waals surface area contributed by atoms with Crippen LogP contribution in [-0.4, -0.2) is 29.3 Å². The number of pyridine rings is 1.